The Labute approximate surface area is 164 Å². The molecule has 0 radical (unpaired) electrons. The molecule has 1 aromatic carbocycles. The summed E-state index contributed by atoms with van der Waals surface area (Å²) >= 11 is 0. The number of carboxylic acids is 1. The quantitative estimate of drug-likeness (QED) is 0.769. The van der Waals surface area contributed by atoms with Crippen LogP contribution in [0, 0.1) is 0 Å². The predicted octanol–water partition coefficient (Wildman–Crippen LogP) is 2.64. The fourth-order valence-electron chi connectivity index (χ4n) is 2.96. The molecule has 28 heavy (non-hydrogen) atoms. The van der Waals surface area contributed by atoms with Gasteiger partial charge in [0.1, 0.15) is 5.60 Å². The second-order valence-corrected chi connectivity index (χ2v) is 7.46. The maximum absolute atomic E-state index is 12.5. The van der Waals surface area contributed by atoms with E-state index in [-0.39, 0.29) is 13.0 Å². The number of carboxylic acid groups (broad SMARTS) is 1. The van der Waals surface area contributed by atoms with Crippen LogP contribution in [0.2, 0.25) is 0 Å². The molecule has 8 nitrogen and oxygen atoms in total. The highest BCUT2D eigenvalue weighted by atomic mass is 16.6. The minimum Gasteiger partial charge on any atom is -0.479 e. The van der Waals surface area contributed by atoms with Crippen LogP contribution >= 0.6 is 0 Å². The number of hydrazine groups is 1. The van der Waals surface area contributed by atoms with Crippen LogP contribution in [0.15, 0.2) is 42.6 Å². The van der Waals surface area contributed by atoms with E-state index in [1.165, 1.54) is 12.3 Å². The summed E-state index contributed by atoms with van der Waals surface area (Å²) in [5.74, 6) is -1.77. The molecular formula is C20H26N2O6. The number of ether oxygens (including phenoxy) is 2. The van der Waals surface area contributed by atoms with Gasteiger partial charge in [-0.3, -0.25) is 9.80 Å². The first-order valence-electron chi connectivity index (χ1n) is 9.00. The smallest absolute Gasteiger partial charge is 0.426 e. The van der Waals surface area contributed by atoms with Crippen molar-refractivity contribution in [2.75, 3.05) is 0 Å². The number of hydrogen-bond acceptors (Lipinski definition) is 6. The Bertz CT molecular complexity index is 756. The minimum atomic E-state index is -1.81. The van der Waals surface area contributed by atoms with Crippen LogP contribution in [0.1, 0.15) is 39.7 Å². The van der Waals surface area contributed by atoms with Gasteiger partial charge in [0.2, 0.25) is 0 Å². The first-order valence-corrected chi connectivity index (χ1v) is 9.00. The molecule has 0 spiro atoms. The number of amides is 1. The standard InChI is InChI=1S/C20H26N2O6/c1-5-20(17(24)25)16(27-13-14-9-7-6-8-10-14)15(23)11-12-22(20)21-18(26)28-19(2,3)4/h6-12,16H,5,13H2,1-4H3,(H,21,26)(H,24,25). The lowest BCUT2D eigenvalue weighted by Crippen LogP contribution is -2.68. The molecule has 0 bridgehead atoms. The summed E-state index contributed by atoms with van der Waals surface area (Å²) < 4.78 is 11.0. The van der Waals surface area contributed by atoms with Gasteiger partial charge in [-0.25, -0.2) is 15.0 Å². The SMILES string of the molecule is CCC1(C(=O)O)C(OCc2ccccc2)C(=O)C=CN1NC(=O)OC(C)(C)C. The molecule has 2 atom stereocenters. The number of ketones is 1. The summed E-state index contributed by atoms with van der Waals surface area (Å²) in [6.07, 6.45) is 0.284. The Balaban J connectivity index is 2.30. The van der Waals surface area contributed by atoms with Crippen LogP contribution < -0.4 is 5.43 Å². The van der Waals surface area contributed by atoms with Gasteiger partial charge in [0, 0.05) is 12.3 Å². The number of carbonyl (C=O) groups is 3. The molecule has 1 aliphatic heterocycles. The normalized spacial score (nSPS) is 22.1. The second-order valence-electron chi connectivity index (χ2n) is 7.46. The number of nitrogens with zero attached hydrogens (tertiary/aromatic N) is 1. The monoisotopic (exact) mass is 390 g/mol. The van der Waals surface area contributed by atoms with Crippen LogP contribution in [0.4, 0.5) is 4.79 Å². The summed E-state index contributed by atoms with van der Waals surface area (Å²) in [6.45, 7) is 6.75. The Kier molecular flexibility index (Phi) is 6.45. The molecule has 1 aliphatic rings. The Morgan fingerprint density at radius 3 is 2.43 bits per heavy atom. The van der Waals surface area contributed by atoms with Crippen molar-refractivity contribution in [3.8, 4) is 0 Å². The zero-order chi connectivity index (χ0) is 20.9. The zero-order valence-corrected chi connectivity index (χ0v) is 16.5. The molecule has 0 aromatic heterocycles. The summed E-state index contributed by atoms with van der Waals surface area (Å²) in [5.41, 5.74) is 0.646. The highest BCUT2D eigenvalue weighted by Gasteiger charge is 2.55. The molecule has 0 saturated heterocycles. The Morgan fingerprint density at radius 1 is 1.25 bits per heavy atom. The van der Waals surface area contributed by atoms with Crippen molar-refractivity contribution in [2.45, 2.75) is 58.0 Å². The lowest BCUT2D eigenvalue weighted by atomic mass is 9.83. The molecule has 2 N–H and O–H groups in total. The third-order valence-corrected chi connectivity index (χ3v) is 4.29. The van der Waals surface area contributed by atoms with Crippen molar-refractivity contribution in [3.05, 3.63) is 48.2 Å². The minimum absolute atomic E-state index is 0.00761. The number of nitrogens with one attached hydrogen (secondary N) is 1. The third-order valence-electron chi connectivity index (χ3n) is 4.29. The molecule has 1 amide bonds. The van der Waals surface area contributed by atoms with E-state index in [0.717, 1.165) is 10.6 Å². The average molecular weight is 390 g/mol. The average Bonchev–Trinajstić information content (AvgIpc) is 2.61. The molecule has 0 saturated carbocycles. The van der Waals surface area contributed by atoms with Crippen LogP contribution in [-0.2, 0) is 25.7 Å². The Morgan fingerprint density at radius 2 is 1.89 bits per heavy atom. The number of benzene rings is 1. The maximum atomic E-state index is 12.5. The fourth-order valence-corrected chi connectivity index (χ4v) is 2.96. The van der Waals surface area contributed by atoms with Gasteiger partial charge >= 0.3 is 12.1 Å². The van der Waals surface area contributed by atoms with Crippen molar-refractivity contribution in [1.29, 1.82) is 0 Å². The molecule has 1 heterocycles. The topological polar surface area (TPSA) is 105 Å². The van der Waals surface area contributed by atoms with Crippen molar-refractivity contribution < 1.29 is 29.0 Å². The predicted molar refractivity (Wildman–Crippen MR) is 101 cm³/mol. The molecule has 0 aliphatic carbocycles. The molecular weight excluding hydrogens is 364 g/mol. The maximum Gasteiger partial charge on any atom is 0.426 e. The van der Waals surface area contributed by atoms with Crippen LogP contribution in [0.25, 0.3) is 0 Å². The van der Waals surface area contributed by atoms with E-state index in [1.807, 2.05) is 30.3 Å². The summed E-state index contributed by atoms with van der Waals surface area (Å²) in [6, 6.07) is 9.12. The second kappa shape index (κ2) is 8.43. The van der Waals surface area contributed by atoms with Gasteiger partial charge in [-0.05, 0) is 32.8 Å². The fraction of sp³-hybridized carbons (Fsp3) is 0.450. The molecule has 2 rings (SSSR count). The lowest BCUT2D eigenvalue weighted by molar-refractivity contribution is -0.172. The van der Waals surface area contributed by atoms with Gasteiger partial charge in [0.05, 0.1) is 6.61 Å². The zero-order valence-electron chi connectivity index (χ0n) is 16.5. The van der Waals surface area contributed by atoms with E-state index in [1.54, 1.807) is 27.7 Å². The van der Waals surface area contributed by atoms with E-state index in [2.05, 4.69) is 5.43 Å². The van der Waals surface area contributed by atoms with E-state index < -0.39 is 35.1 Å². The van der Waals surface area contributed by atoms with E-state index in [4.69, 9.17) is 9.47 Å². The van der Waals surface area contributed by atoms with Gasteiger partial charge in [0.15, 0.2) is 17.4 Å². The van der Waals surface area contributed by atoms with Crippen LogP contribution in [0.3, 0.4) is 0 Å². The Hall–Kier alpha value is -2.87. The molecule has 152 valence electrons. The van der Waals surface area contributed by atoms with Gasteiger partial charge in [-0.2, -0.15) is 0 Å². The largest absolute Gasteiger partial charge is 0.479 e. The summed E-state index contributed by atoms with van der Waals surface area (Å²) in [4.78, 5) is 37.0. The number of aliphatic carboxylic acids is 1. The summed E-state index contributed by atoms with van der Waals surface area (Å²) in [5, 5.41) is 11.1. The van der Waals surface area contributed by atoms with Gasteiger partial charge in [-0.1, -0.05) is 37.3 Å². The van der Waals surface area contributed by atoms with Crippen LogP contribution in [0.5, 0.6) is 0 Å². The molecule has 1 aromatic rings. The van der Waals surface area contributed by atoms with Gasteiger partial charge in [-0.15, -0.1) is 0 Å². The molecule has 0 fully saturated rings. The lowest BCUT2D eigenvalue weighted by Gasteiger charge is -2.45. The summed E-state index contributed by atoms with van der Waals surface area (Å²) in [7, 11) is 0. The number of rotatable bonds is 6. The molecule has 8 heteroatoms. The third kappa shape index (κ3) is 4.69. The molecule has 2 unspecified atom stereocenters. The van der Waals surface area contributed by atoms with E-state index >= 15 is 0 Å². The van der Waals surface area contributed by atoms with Crippen molar-refractivity contribution in [2.24, 2.45) is 0 Å². The van der Waals surface area contributed by atoms with Crippen molar-refractivity contribution in [3.63, 3.8) is 0 Å². The highest BCUT2D eigenvalue weighted by Crippen LogP contribution is 2.31. The number of hydrogen-bond donors (Lipinski definition) is 2. The van der Waals surface area contributed by atoms with E-state index in [0.29, 0.717) is 0 Å². The van der Waals surface area contributed by atoms with Crippen molar-refractivity contribution in [1.82, 2.24) is 10.4 Å². The van der Waals surface area contributed by atoms with Crippen molar-refractivity contribution >= 4 is 17.8 Å². The van der Waals surface area contributed by atoms with Gasteiger partial charge < -0.3 is 14.6 Å². The first kappa shape index (κ1) is 21.4. The number of carbonyl (C=O) groups excluding carboxylic acids is 2. The van der Waals surface area contributed by atoms with Gasteiger partial charge in [0.25, 0.3) is 0 Å². The van der Waals surface area contributed by atoms with Crippen LogP contribution in [-0.4, -0.2) is 45.2 Å². The highest BCUT2D eigenvalue weighted by molar-refractivity contribution is 6.01. The van der Waals surface area contributed by atoms with E-state index in [9.17, 15) is 19.5 Å². The first-order chi connectivity index (χ1) is 13.1.